The molecule has 0 aromatic heterocycles. The van der Waals surface area contributed by atoms with Crippen LogP contribution >= 0.6 is 11.6 Å². The number of aryl methyl sites for hydroxylation is 1. The Balaban J connectivity index is 1.57. The van der Waals surface area contributed by atoms with E-state index in [2.05, 4.69) is 10.2 Å². The van der Waals surface area contributed by atoms with E-state index in [0.29, 0.717) is 24.8 Å². The van der Waals surface area contributed by atoms with Gasteiger partial charge in [-0.2, -0.15) is 0 Å². The lowest BCUT2D eigenvalue weighted by molar-refractivity contribution is -0.116. The standard InChI is InChI=1S/C20H23ClN2O3/c1-15-2-5-17(6-3-15)26-11-8-20(24)22-18-14-16(21)4-7-19(18)23-9-12-25-13-10-23/h2-7,14H,8-13H2,1H3,(H,22,24). The third-order valence-corrected chi connectivity index (χ3v) is 4.44. The molecule has 0 spiro atoms. The number of hydrogen-bond acceptors (Lipinski definition) is 4. The number of benzene rings is 2. The third kappa shape index (κ3) is 5.13. The minimum Gasteiger partial charge on any atom is -0.493 e. The number of amides is 1. The van der Waals surface area contributed by atoms with Gasteiger partial charge in [-0.05, 0) is 37.3 Å². The number of nitrogens with one attached hydrogen (secondary N) is 1. The maximum absolute atomic E-state index is 12.3. The van der Waals surface area contributed by atoms with Gasteiger partial charge in [0.2, 0.25) is 5.91 Å². The van der Waals surface area contributed by atoms with Crippen molar-refractivity contribution in [2.75, 3.05) is 43.1 Å². The molecule has 0 unspecified atom stereocenters. The molecule has 0 atom stereocenters. The van der Waals surface area contributed by atoms with Crippen LogP contribution in [0.3, 0.4) is 0 Å². The van der Waals surface area contributed by atoms with E-state index in [9.17, 15) is 4.79 Å². The lowest BCUT2D eigenvalue weighted by Gasteiger charge is -2.30. The van der Waals surface area contributed by atoms with Crippen LogP contribution in [0.5, 0.6) is 5.75 Å². The molecule has 3 rings (SSSR count). The first-order valence-corrected chi connectivity index (χ1v) is 9.11. The molecule has 1 N–H and O–H groups in total. The van der Waals surface area contributed by atoms with E-state index in [4.69, 9.17) is 21.1 Å². The van der Waals surface area contributed by atoms with Crippen molar-refractivity contribution in [1.82, 2.24) is 0 Å². The number of nitrogens with zero attached hydrogens (tertiary/aromatic N) is 1. The van der Waals surface area contributed by atoms with Crippen molar-refractivity contribution in [2.24, 2.45) is 0 Å². The van der Waals surface area contributed by atoms with Gasteiger partial charge in [0, 0.05) is 18.1 Å². The van der Waals surface area contributed by atoms with Crippen molar-refractivity contribution in [3.8, 4) is 5.75 Å². The van der Waals surface area contributed by atoms with Gasteiger partial charge in [0.1, 0.15) is 5.75 Å². The molecule has 6 heteroatoms. The first kappa shape index (κ1) is 18.5. The number of ether oxygens (including phenoxy) is 2. The lowest BCUT2D eigenvalue weighted by atomic mass is 10.2. The van der Waals surface area contributed by atoms with Crippen LogP contribution in [-0.4, -0.2) is 38.8 Å². The van der Waals surface area contributed by atoms with Gasteiger partial charge in [-0.15, -0.1) is 0 Å². The van der Waals surface area contributed by atoms with Crippen molar-refractivity contribution in [1.29, 1.82) is 0 Å². The summed E-state index contributed by atoms with van der Waals surface area (Å²) in [6, 6.07) is 13.3. The minimum absolute atomic E-state index is 0.103. The van der Waals surface area contributed by atoms with Crippen LogP contribution < -0.4 is 15.0 Å². The summed E-state index contributed by atoms with van der Waals surface area (Å²) in [6.45, 7) is 5.29. The van der Waals surface area contributed by atoms with E-state index >= 15 is 0 Å². The van der Waals surface area contributed by atoms with Crippen LogP contribution in [0.15, 0.2) is 42.5 Å². The van der Waals surface area contributed by atoms with Gasteiger partial charge in [0.25, 0.3) is 0 Å². The first-order valence-electron chi connectivity index (χ1n) is 8.73. The van der Waals surface area contributed by atoms with Crippen LogP contribution in [0.1, 0.15) is 12.0 Å². The molecular weight excluding hydrogens is 352 g/mol. The van der Waals surface area contributed by atoms with Crippen molar-refractivity contribution < 1.29 is 14.3 Å². The molecule has 1 aliphatic rings. The molecule has 0 bridgehead atoms. The Labute approximate surface area is 158 Å². The Bertz CT molecular complexity index is 743. The number of morpholine rings is 1. The Hall–Kier alpha value is -2.24. The summed E-state index contributed by atoms with van der Waals surface area (Å²) in [5, 5.41) is 3.55. The van der Waals surface area contributed by atoms with Crippen LogP contribution in [0.2, 0.25) is 5.02 Å². The van der Waals surface area contributed by atoms with E-state index in [0.717, 1.165) is 30.2 Å². The molecular formula is C20H23ClN2O3. The Morgan fingerprint density at radius 3 is 2.65 bits per heavy atom. The molecule has 1 heterocycles. The van der Waals surface area contributed by atoms with Crippen molar-refractivity contribution in [3.05, 3.63) is 53.1 Å². The molecule has 26 heavy (non-hydrogen) atoms. The van der Waals surface area contributed by atoms with Gasteiger partial charge in [-0.1, -0.05) is 29.3 Å². The number of halogens is 1. The van der Waals surface area contributed by atoms with Gasteiger partial charge in [0.05, 0.1) is 37.6 Å². The lowest BCUT2D eigenvalue weighted by Crippen LogP contribution is -2.36. The fourth-order valence-corrected chi connectivity index (χ4v) is 2.97. The zero-order valence-electron chi connectivity index (χ0n) is 14.8. The van der Waals surface area contributed by atoms with Crippen molar-refractivity contribution >= 4 is 28.9 Å². The predicted octanol–water partition coefficient (Wildman–Crippen LogP) is 3.89. The molecule has 0 radical (unpaired) electrons. The van der Waals surface area contributed by atoms with E-state index in [1.165, 1.54) is 5.56 Å². The Morgan fingerprint density at radius 1 is 1.19 bits per heavy atom. The van der Waals surface area contributed by atoms with E-state index < -0.39 is 0 Å². The normalized spacial score (nSPS) is 14.2. The SMILES string of the molecule is Cc1ccc(OCCC(=O)Nc2cc(Cl)ccc2N2CCOCC2)cc1. The molecule has 1 aliphatic heterocycles. The maximum atomic E-state index is 12.3. The number of rotatable bonds is 6. The largest absolute Gasteiger partial charge is 0.493 e. The second-order valence-corrected chi connectivity index (χ2v) is 6.66. The van der Waals surface area contributed by atoms with Crippen molar-refractivity contribution in [2.45, 2.75) is 13.3 Å². The predicted molar refractivity (Wildman–Crippen MR) is 104 cm³/mol. The molecule has 1 amide bonds. The van der Waals surface area contributed by atoms with Gasteiger partial charge >= 0.3 is 0 Å². The Kier molecular flexibility index (Phi) is 6.36. The summed E-state index contributed by atoms with van der Waals surface area (Å²) in [6.07, 6.45) is 0.267. The highest BCUT2D eigenvalue weighted by Gasteiger charge is 2.16. The van der Waals surface area contributed by atoms with E-state index in [1.54, 1.807) is 6.07 Å². The second-order valence-electron chi connectivity index (χ2n) is 6.22. The average molecular weight is 375 g/mol. The third-order valence-electron chi connectivity index (χ3n) is 4.20. The zero-order chi connectivity index (χ0) is 18.4. The van der Waals surface area contributed by atoms with Crippen LogP contribution in [0.4, 0.5) is 11.4 Å². The number of hydrogen-bond donors (Lipinski definition) is 1. The number of carbonyl (C=O) groups excluding carboxylic acids is 1. The zero-order valence-corrected chi connectivity index (χ0v) is 15.6. The highest BCUT2D eigenvalue weighted by Crippen LogP contribution is 2.30. The van der Waals surface area contributed by atoms with Gasteiger partial charge < -0.3 is 19.7 Å². The molecule has 1 saturated heterocycles. The second kappa shape index (κ2) is 8.92. The minimum atomic E-state index is -0.103. The van der Waals surface area contributed by atoms with E-state index in [-0.39, 0.29) is 12.3 Å². The quantitative estimate of drug-likeness (QED) is 0.833. The molecule has 0 saturated carbocycles. The summed E-state index contributed by atoms with van der Waals surface area (Å²) in [5.41, 5.74) is 2.86. The summed E-state index contributed by atoms with van der Waals surface area (Å²) in [7, 11) is 0. The summed E-state index contributed by atoms with van der Waals surface area (Å²) < 4.78 is 11.0. The fourth-order valence-electron chi connectivity index (χ4n) is 2.80. The molecule has 2 aromatic carbocycles. The highest BCUT2D eigenvalue weighted by atomic mass is 35.5. The van der Waals surface area contributed by atoms with Gasteiger partial charge in [-0.3, -0.25) is 4.79 Å². The molecule has 1 fully saturated rings. The number of anilines is 2. The van der Waals surface area contributed by atoms with E-state index in [1.807, 2.05) is 43.3 Å². The number of carbonyl (C=O) groups is 1. The Morgan fingerprint density at radius 2 is 1.92 bits per heavy atom. The summed E-state index contributed by atoms with van der Waals surface area (Å²) in [5.74, 6) is 0.661. The fraction of sp³-hybridized carbons (Fsp3) is 0.350. The van der Waals surface area contributed by atoms with Crippen LogP contribution in [-0.2, 0) is 9.53 Å². The van der Waals surface area contributed by atoms with Crippen LogP contribution in [0, 0.1) is 6.92 Å². The van der Waals surface area contributed by atoms with Crippen molar-refractivity contribution in [3.63, 3.8) is 0 Å². The first-order chi connectivity index (χ1) is 12.6. The van der Waals surface area contributed by atoms with Crippen LogP contribution in [0.25, 0.3) is 0 Å². The topological polar surface area (TPSA) is 50.8 Å². The van der Waals surface area contributed by atoms with Gasteiger partial charge in [0.15, 0.2) is 0 Å². The average Bonchev–Trinajstić information content (AvgIpc) is 2.64. The molecule has 5 nitrogen and oxygen atoms in total. The highest BCUT2D eigenvalue weighted by molar-refractivity contribution is 6.31. The molecule has 0 aliphatic carbocycles. The smallest absolute Gasteiger partial charge is 0.227 e. The maximum Gasteiger partial charge on any atom is 0.227 e. The molecule has 138 valence electrons. The summed E-state index contributed by atoms with van der Waals surface area (Å²) in [4.78, 5) is 14.5. The monoisotopic (exact) mass is 374 g/mol. The summed E-state index contributed by atoms with van der Waals surface area (Å²) >= 11 is 6.12. The molecule has 2 aromatic rings. The van der Waals surface area contributed by atoms with Gasteiger partial charge in [-0.25, -0.2) is 0 Å².